The van der Waals surface area contributed by atoms with Crippen LogP contribution in [-0.4, -0.2) is 48.1 Å². The SMILES string of the molecule is CC(C)N1C[C@H](C)N(C)[C@@H](C)C1. The summed E-state index contributed by atoms with van der Waals surface area (Å²) in [7, 11) is 2.23. The van der Waals surface area contributed by atoms with E-state index in [0.717, 1.165) is 0 Å². The Labute approximate surface area is 76.5 Å². The molecule has 0 N–H and O–H groups in total. The summed E-state index contributed by atoms with van der Waals surface area (Å²) >= 11 is 0. The quantitative estimate of drug-likeness (QED) is 0.587. The van der Waals surface area contributed by atoms with E-state index in [0.29, 0.717) is 18.1 Å². The second kappa shape index (κ2) is 3.75. The molecule has 1 aliphatic heterocycles. The standard InChI is InChI=1S/C10H22N2/c1-8(2)12-6-9(3)11(5)10(4)7-12/h8-10H,6-7H2,1-5H3/t9-,10-/m0/s1. The highest BCUT2D eigenvalue weighted by molar-refractivity contribution is 4.83. The summed E-state index contributed by atoms with van der Waals surface area (Å²) in [5.74, 6) is 0. The van der Waals surface area contributed by atoms with E-state index in [4.69, 9.17) is 0 Å². The van der Waals surface area contributed by atoms with Gasteiger partial charge in [-0.15, -0.1) is 0 Å². The zero-order chi connectivity index (χ0) is 9.30. The molecule has 2 heteroatoms. The second-order valence-corrected chi connectivity index (χ2v) is 4.41. The molecule has 0 aromatic carbocycles. The fourth-order valence-corrected chi connectivity index (χ4v) is 1.87. The molecule has 0 radical (unpaired) electrons. The maximum absolute atomic E-state index is 2.56. The van der Waals surface area contributed by atoms with Gasteiger partial charge < -0.3 is 0 Å². The molecule has 12 heavy (non-hydrogen) atoms. The van der Waals surface area contributed by atoms with Gasteiger partial charge in [-0.2, -0.15) is 0 Å². The van der Waals surface area contributed by atoms with Crippen molar-refractivity contribution in [1.82, 2.24) is 9.80 Å². The van der Waals surface area contributed by atoms with Crippen LogP contribution in [0.15, 0.2) is 0 Å². The zero-order valence-electron chi connectivity index (χ0n) is 9.04. The van der Waals surface area contributed by atoms with E-state index < -0.39 is 0 Å². The summed E-state index contributed by atoms with van der Waals surface area (Å²) in [6.07, 6.45) is 0. The molecule has 2 nitrogen and oxygen atoms in total. The van der Waals surface area contributed by atoms with Gasteiger partial charge in [0.15, 0.2) is 0 Å². The van der Waals surface area contributed by atoms with Gasteiger partial charge >= 0.3 is 0 Å². The van der Waals surface area contributed by atoms with Gasteiger partial charge in [-0.25, -0.2) is 0 Å². The number of nitrogens with zero attached hydrogens (tertiary/aromatic N) is 2. The van der Waals surface area contributed by atoms with Crippen molar-refractivity contribution in [2.45, 2.75) is 45.8 Å². The van der Waals surface area contributed by atoms with Crippen LogP contribution in [0.5, 0.6) is 0 Å². The van der Waals surface area contributed by atoms with Gasteiger partial charge in [0, 0.05) is 31.2 Å². The number of rotatable bonds is 1. The minimum absolute atomic E-state index is 0.698. The first-order valence-corrected chi connectivity index (χ1v) is 4.98. The molecule has 1 aliphatic rings. The van der Waals surface area contributed by atoms with Crippen LogP contribution in [0.2, 0.25) is 0 Å². The van der Waals surface area contributed by atoms with Crippen molar-refractivity contribution >= 4 is 0 Å². The number of likely N-dealkylation sites (N-methyl/N-ethyl adjacent to an activating group) is 1. The molecule has 0 spiro atoms. The first kappa shape index (κ1) is 10.0. The van der Waals surface area contributed by atoms with E-state index in [9.17, 15) is 0 Å². The molecule has 0 aliphatic carbocycles. The van der Waals surface area contributed by atoms with Crippen molar-refractivity contribution in [3.05, 3.63) is 0 Å². The summed E-state index contributed by atoms with van der Waals surface area (Å²) < 4.78 is 0. The van der Waals surface area contributed by atoms with Crippen molar-refractivity contribution in [2.24, 2.45) is 0 Å². The number of hydrogen-bond donors (Lipinski definition) is 0. The van der Waals surface area contributed by atoms with Gasteiger partial charge in [0.05, 0.1) is 0 Å². The molecule has 1 fully saturated rings. The molecule has 0 unspecified atom stereocenters. The predicted molar refractivity (Wildman–Crippen MR) is 53.4 cm³/mol. The van der Waals surface area contributed by atoms with Gasteiger partial charge in [0.2, 0.25) is 0 Å². The van der Waals surface area contributed by atoms with Crippen molar-refractivity contribution in [1.29, 1.82) is 0 Å². The normalized spacial score (nSPS) is 34.5. The van der Waals surface area contributed by atoms with Crippen LogP contribution in [-0.2, 0) is 0 Å². The monoisotopic (exact) mass is 170 g/mol. The highest BCUT2D eigenvalue weighted by Crippen LogP contribution is 2.14. The van der Waals surface area contributed by atoms with E-state index >= 15 is 0 Å². The third-order valence-electron chi connectivity index (χ3n) is 3.12. The maximum atomic E-state index is 2.56. The Morgan fingerprint density at radius 1 is 1.08 bits per heavy atom. The summed E-state index contributed by atoms with van der Waals surface area (Å²) in [5, 5.41) is 0. The van der Waals surface area contributed by atoms with Gasteiger partial charge in [0.25, 0.3) is 0 Å². The molecule has 0 aromatic rings. The lowest BCUT2D eigenvalue weighted by Crippen LogP contribution is -2.56. The smallest absolute Gasteiger partial charge is 0.0195 e. The van der Waals surface area contributed by atoms with Crippen molar-refractivity contribution in [2.75, 3.05) is 20.1 Å². The third kappa shape index (κ3) is 1.99. The predicted octanol–water partition coefficient (Wildman–Crippen LogP) is 1.42. The topological polar surface area (TPSA) is 6.48 Å². The minimum atomic E-state index is 0.698. The first-order chi connectivity index (χ1) is 5.52. The Bertz CT molecular complexity index is 133. The Balaban J connectivity index is 2.53. The summed E-state index contributed by atoms with van der Waals surface area (Å²) in [6, 6.07) is 2.11. The van der Waals surface area contributed by atoms with Crippen molar-refractivity contribution < 1.29 is 0 Å². The largest absolute Gasteiger partial charge is 0.298 e. The van der Waals surface area contributed by atoms with Crippen LogP contribution in [0.1, 0.15) is 27.7 Å². The molecule has 0 aromatic heterocycles. The lowest BCUT2D eigenvalue weighted by atomic mass is 10.1. The third-order valence-corrected chi connectivity index (χ3v) is 3.12. The van der Waals surface area contributed by atoms with Crippen LogP contribution in [0.4, 0.5) is 0 Å². The minimum Gasteiger partial charge on any atom is -0.298 e. The van der Waals surface area contributed by atoms with Crippen LogP contribution in [0, 0.1) is 0 Å². The lowest BCUT2D eigenvalue weighted by Gasteiger charge is -2.44. The summed E-state index contributed by atoms with van der Waals surface area (Å²) in [4.78, 5) is 5.04. The average molecular weight is 170 g/mol. The van der Waals surface area contributed by atoms with Crippen LogP contribution in [0.3, 0.4) is 0 Å². The van der Waals surface area contributed by atoms with Crippen LogP contribution >= 0.6 is 0 Å². The zero-order valence-corrected chi connectivity index (χ0v) is 9.04. The number of piperazine rings is 1. The molecule has 1 heterocycles. The molecule has 2 atom stereocenters. The molecule has 0 bridgehead atoms. The van der Waals surface area contributed by atoms with Crippen LogP contribution in [0.25, 0.3) is 0 Å². The van der Waals surface area contributed by atoms with E-state index in [1.165, 1.54) is 13.1 Å². The highest BCUT2D eigenvalue weighted by Gasteiger charge is 2.27. The van der Waals surface area contributed by atoms with Gasteiger partial charge in [-0.3, -0.25) is 9.80 Å². The Morgan fingerprint density at radius 3 is 1.83 bits per heavy atom. The average Bonchev–Trinajstić information content (AvgIpc) is 1.99. The van der Waals surface area contributed by atoms with E-state index in [-0.39, 0.29) is 0 Å². The number of hydrogen-bond acceptors (Lipinski definition) is 2. The van der Waals surface area contributed by atoms with Crippen LogP contribution < -0.4 is 0 Å². The second-order valence-electron chi connectivity index (χ2n) is 4.41. The Morgan fingerprint density at radius 2 is 1.50 bits per heavy atom. The van der Waals surface area contributed by atoms with Gasteiger partial charge in [0.1, 0.15) is 0 Å². The summed E-state index contributed by atoms with van der Waals surface area (Å²) in [6.45, 7) is 11.6. The van der Waals surface area contributed by atoms with Gasteiger partial charge in [-0.05, 0) is 34.7 Å². The molecular weight excluding hydrogens is 148 g/mol. The Hall–Kier alpha value is -0.0800. The fourth-order valence-electron chi connectivity index (χ4n) is 1.87. The van der Waals surface area contributed by atoms with Crippen molar-refractivity contribution in [3.63, 3.8) is 0 Å². The molecule has 0 amide bonds. The van der Waals surface area contributed by atoms with E-state index in [1.807, 2.05) is 0 Å². The maximum Gasteiger partial charge on any atom is 0.0195 e. The Kier molecular flexibility index (Phi) is 3.13. The molecule has 1 saturated heterocycles. The molecule has 1 rings (SSSR count). The lowest BCUT2D eigenvalue weighted by molar-refractivity contribution is 0.0425. The van der Waals surface area contributed by atoms with E-state index in [1.54, 1.807) is 0 Å². The summed E-state index contributed by atoms with van der Waals surface area (Å²) in [5.41, 5.74) is 0. The van der Waals surface area contributed by atoms with E-state index in [2.05, 4.69) is 44.5 Å². The van der Waals surface area contributed by atoms with Gasteiger partial charge in [-0.1, -0.05) is 0 Å². The molecule has 0 saturated carbocycles. The molecule has 72 valence electrons. The van der Waals surface area contributed by atoms with Crippen molar-refractivity contribution in [3.8, 4) is 0 Å². The fraction of sp³-hybridized carbons (Fsp3) is 1.00. The molecular formula is C10H22N2. The first-order valence-electron chi connectivity index (χ1n) is 4.98. The highest BCUT2D eigenvalue weighted by atomic mass is 15.3.